The van der Waals surface area contributed by atoms with Crippen molar-refractivity contribution in [1.29, 1.82) is 0 Å². The van der Waals surface area contributed by atoms with Crippen molar-refractivity contribution in [3.63, 3.8) is 0 Å². The first kappa shape index (κ1) is 22.5. The van der Waals surface area contributed by atoms with Gasteiger partial charge in [0.1, 0.15) is 0 Å². The summed E-state index contributed by atoms with van der Waals surface area (Å²) in [6.07, 6.45) is 0. The molecule has 0 saturated heterocycles. The second-order valence-corrected chi connectivity index (χ2v) is 2.87. The zero-order valence-corrected chi connectivity index (χ0v) is 9.57. The van der Waals surface area contributed by atoms with Gasteiger partial charge in [-0.05, 0) is 0 Å². The summed E-state index contributed by atoms with van der Waals surface area (Å²) >= 11 is 0. The van der Waals surface area contributed by atoms with Crippen molar-refractivity contribution >= 4 is 7.81 Å². The number of rotatable bonds is 0. The number of halogens is 6. The van der Waals surface area contributed by atoms with Crippen molar-refractivity contribution in [2.24, 2.45) is 0 Å². The van der Waals surface area contributed by atoms with E-state index in [-0.39, 0.29) is 45.7 Å². The van der Waals surface area contributed by atoms with Crippen LogP contribution in [0.25, 0.3) is 0 Å². The molecule has 1 nitrogen and oxygen atoms in total. The molecule has 0 unspecified atom stereocenters. The normalized spacial score (nSPS) is 16.2. The first-order valence-electron chi connectivity index (χ1n) is 1.01. The SMILES string of the molecule is F[P-](F)(F)(F)(F)F.O.[Ir].[Ir]. The zero-order valence-electron chi connectivity index (χ0n) is 3.88. The van der Waals surface area contributed by atoms with Crippen molar-refractivity contribution in [2.75, 3.05) is 0 Å². The van der Waals surface area contributed by atoms with Crippen molar-refractivity contribution < 1.29 is 70.9 Å². The van der Waals surface area contributed by atoms with E-state index in [1.54, 1.807) is 0 Å². The molecule has 0 bridgehead atoms. The molecule has 74 valence electrons. The summed E-state index contributed by atoms with van der Waals surface area (Å²) in [6, 6.07) is 0. The summed E-state index contributed by atoms with van der Waals surface area (Å²) in [4.78, 5) is 0. The molecule has 0 rings (SSSR count). The van der Waals surface area contributed by atoms with E-state index in [1.807, 2.05) is 0 Å². The molecule has 0 spiro atoms. The molecule has 10 heteroatoms. The molecule has 0 aliphatic carbocycles. The van der Waals surface area contributed by atoms with Gasteiger partial charge in [0.25, 0.3) is 0 Å². The smallest absolute Gasteiger partial charge is 0 e. The van der Waals surface area contributed by atoms with Gasteiger partial charge in [-0.2, -0.15) is 0 Å². The van der Waals surface area contributed by atoms with Gasteiger partial charge in [-0.15, -0.1) is 0 Å². The summed E-state index contributed by atoms with van der Waals surface area (Å²) in [5.74, 6) is 0. The van der Waals surface area contributed by atoms with Crippen molar-refractivity contribution in [3.05, 3.63) is 0 Å². The first-order valence-corrected chi connectivity index (χ1v) is 3.04. The Kier molecular flexibility index (Phi) is 7.50. The largest absolute Gasteiger partial charge is 0.412 e. The van der Waals surface area contributed by atoms with Crippen LogP contribution in [0.4, 0.5) is 25.2 Å². The van der Waals surface area contributed by atoms with E-state index in [0.29, 0.717) is 0 Å². The van der Waals surface area contributed by atoms with Crippen LogP contribution in [-0.2, 0) is 40.2 Å². The van der Waals surface area contributed by atoms with E-state index in [9.17, 15) is 25.2 Å². The topological polar surface area (TPSA) is 31.5 Å². The van der Waals surface area contributed by atoms with E-state index in [0.717, 1.165) is 0 Å². The van der Waals surface area contributed by atoms with Crippen LogP contribution < -0.4 is 0 Å². The van der Waals surface area contributed by atoms with Crippen LogP contribution in [0, 0.1) is 0 Å². The van der Waals surface area contributed by atoms with Crippen molar-refractivity contribution in [2.45, 2.75) is 0 Å². The molecule has 0 aromatic rings. The van der Waals surface area contributed by atoms with Crippen LogP contribution >= 0.6 is 7.81 Å². The molecule has 0 saturated carbocycles. The van der Waals surface area contributed by atoms with Gasteiger partial charge < -0.3 is 5.48 Å². The summed E-state index contributed by atoms with van der Waals surface area (Å²) in [5.41, 5.74) is 0. The second kappa shape index (κ2) is 3.33. The summed E-state index contributed by atoms with van der Waals surface area (Å²) in [5, 5.41) is 0. The molecule has 0 aliphatic rings. The minimum atomic E-state index is -10.7. The Morgan fingerprint density at radius 3 is 0.600 bits per heavy atom. The molecule has 0 amide bonds. The number of hydrogen-bond donors (Lipinski definition) is 0. The fraction of sp³-hybridized carbons (Fsp3) is 0. The molecule has 0 heterocycles. The molecule has 0 fully saturated rings. The van der Waals surface area contributed by atoms with Gasteiger partial charge >= 0.3 is 33.0 Å². The molecular formula is H2F6Ir2OP-. The van der Waals surface area contributed by atoms with E-state index in [2.05, 4.69) is 0 Å². The van der Waals surface area contributed by atoms with Gasteiger partial charge in [0.05, 0.1) is 0 Å². The molecule has 10 heavy (non-hydrogen) atoms. The third-order valence-corrected chi connectivity index (χ3v) is 0. The average molecular weight is 547 g/mol. The quantitative estimate of drug-likeness (QED) is 0.330. The Bertz CT molecular complexity index is 74.3. The summed E-state index contributed by atoms with van der Waals surface area (Å²) < 4.78 is 59.2. The predicted octanol–water partition coefficient (Wildman–Crippen LogP) is 2.55. The molecule has 0 aromatic heterocycles. The van der Waals surface area contributed by atoms with E-state index >= 15 is 0 Å². The molecule has 2 N–H and O–H groups in total. The molecule has 0 atom stereocenters. The summed E-state index contributed by atoms with van der Waals surface area (Å²) in [7, 11) is -10.7. The van der Waals surface area contributed by atoms with Crippen LogP contribution in [-0.4, -0.2) is 5.48 Å². The minimum absolute atomic E-state index is 0. The van der Waals surface area contributed by atoms with E-state index in [4.69, 9.17) is 0 Å². The van der Waals surface area contributed by atoms with Gasteiger partial charge in [-0.25, -0.2) is 0 Å². The van der Waals surface area contributed by atoms with Crippen LogP contribution in [0.2, 0.25) is 0 Å². The molecule has 0 aliphatic heterocycles. The third-order valence-electron chi connectivity index (χ3n) is 0. The second-order valence-electron chi connectivity index (χ2n) is 0.958. The Hall–Kier alpha value is 1.27. The Labute approximate surface area is 78.8 Å². The molecular weight excluding hydrogens is 545 g/mol. The number of hydrogen-bond acceptors (Lipinski definition) is 0. The maximum absolute atomic E-state index is 10.7. The van der Waals surface area contributed by atoms with E-state index in [1.165, 1.54) is 0 Å². The summed E-state index contributed by atoms with van der Waals surface area (Å²) in [6.45, 7) is 0. The first-order chi connectivity index (χ1) is 2.45. The molecule has 2 radical (unpaired) electrons. The van der Waals surface area contributed by atoms with Crippen LogP contribution in [0.15, 0.2) is 0 Å². The Morgan fingerprint density at radius 1 is 0.600 bits per heavy atom. The van der Waals surface area contributed by atoms with Crippen LogP contribution in [0.3, 0.4) is 0 Å². The Morgan fingerprint density at radius 2 is 0.600 bits per heavy atom. The standard InChI is InChI=1S/F6P.2Ir.H2O/c1-7(2,3,4,5)6;;;/h;;;1H2/q-1;;;. The van der Waals surface area contributed by atoms with Crippen LogP contribution in [0.1, 0.15) is 0 Å². The van der Waals surface area contributed by atoms with Gasteiger partial charge in [0, 0.05) is 40.2 Å². The maximum atomic E-state index is 9.87. The van der Waals surface area contributed by atoms with Crippen molar-refractivity contribution in [1.82, 2.24) is 0 Å². The van der Waals surface area contributed by atoms with Crippen LogP contribution in [0.5, 0.6) is 0 Å². The minimum Gasteiger partial charge on any atom is -0.412 e. The van der Waals surface area contributed by atoms with Gasteiger partial charge in [-0.3, -0.25) is 0 Å². The Balaban J connectivity index is -0.0000000600. The van der Waals surface area contributed by atoms with Gasteiger partial charge in [0.15, 0.2) is 0 Å². The van der Waals surface area contributed by atoms with Gasteiger partial charge in [0.2, 0.25) is 0 Å². The van der Waals surface area contributed by atoms with Gasteiger partial charge in [-0.1, -0.05) is 0 Å². The fourth-order valence-corrected chi connectivity index (χ4v) is 0. The average Bonchev–Trinajstić information content (AvgIpc) is 0.592. The molecule has 0 aromatic carbocycles. The van der Waals surface area contributed by atoms with E-state index < -0.39 is 7.81 Å². The predicted molar refractivity (Wildman–Crippen MR) is 17.2 cm³/mol. The third kappa shape index (κ3) is 394. The zero-order chi connectivity index (χ0) is 6.41. The monoisotopic (exact) mass is 549 g/mol. The maximum Gasteiger partial charge on any atom is 0 e. The van der Waals surface area contributed by atoms with Crippen molar-refractivity contribution in [3.8, 4) is 0 Å². The fourth-order valence-electron chi connectivity index (χ4n) is 0.